The van der Waals surface area contributed by atoms with Gasteiger partial charge in [0.15, 0.2) is 4.80 Å². The first-order valence-electron chi connectivity index (χ1n) is 10.4. The molecule has 1 aliphatic carbocycles. The van der Waals surface area contributed by atoms with E-state index in [1.54, 1.807) is 30.3 Å². The summed E-state index contributed by atoms with van der Waals surface area (Å²) in [5, 5.41) is 13.3. The lowest BCUT2D eigenvalue weighted by Gasteiger charge is -2.23. The van der Waals surface area contributed by atoms with E-state index in [1.165, 1.54) is 42.7 Å². The van der Waals surface area contributed by atoms with Crippen molar-refractivity contribution in [3.63, 3.8) is 0 Å². The number of non-ortho nitro benzene ring substituents is 1. The van der Waals surface area contributed by atoms with Crippen molar-refractivity contribution in [1.29, 1.82) is 0 Å². The van der Waals surface area contributed by atoms with Crippen LogP contribution in [0.1, 0.15) is 51.0 Å². The van der Waals surface area contributed by atoms with Gasteiger partial charge in [-0.1, -0.05) is 56.4 Å². The van der Waals surface area contributed by atoms with Crippen molar-refractivity contribution in [1.82, 2.24) is 4.57 Å². The van der Waals surface area contributed by atoms with Gasteiger partial charge in [0.2, 0.25) is 0 Å². The first kappa shape index (κ1) is 20.5. The molecule has 0 unspecified atom stereocenters. The Labute approximate surface area is 178 Å². The number of hydrogen-bond donors (Lipinski definition) is 0. The Morgan fingerprint density at radius 2 is 1.77 bits per heavy atom. The molecule has 0 atom stereocenters. The van der Waals surface area contributed by atoms with Crippen LogP contribution < -0.4 is 4.80 Å². The minimum Gasteiger partial charge on any atom is -0.313 e. The molecule has 0 aliphatic heterocycles. The monoisotopic (exact) mass is 425 g/mol. The van der Waals surface area contributed by atoms with Gasteiger partial charge < -0.3 is 4.57 Å². The zero-order chi connectivity index (χ0) is 20.9. The number of nitrogens with zero attached hydrogens (tertiary/aromatic N) is 3. The van der Waals surface area contributed by atoms with E-state index < -0.39 is 0 Å². The molecule has 4 rings (SSSR count). The van der Waals surface area contributed by atoms with E-state index in [2.05, 4.69) is 9.56 Å². The fourth-order valence-electron chi connectivity index (χ4n) is 4.08. The lowest BCUT2D eigenvalue weighted by Crippen LogP contribution is -2.22. The number of para-hydroxylation sites is 1. The number of benzene rings is 2. The normalized spacial score (nSPS) is 16.2. The smallest absolute Gasteiger partial charge is 0.270 e. The number of halogens is 1. The van der Waals surface area contributed by atoms with Crippen LogP contribution >= 0.6 is 11.3 Å². The Hall–Kier alpha value is -2.80. The number of thiazole rings is 1. The highest BCUT2D eigenvalue weighted by Crippen LogP contribution is 2.32. The lowest BCUT2D eigenvalue weighted by molar-refractivity contribution is -0.384. The molecule has 1 heterocycles. The third kappa shape index (κ3) is 4.51. The Morgan fingerprint density at radius 3 is 2.50 bits per heavy atom. The maximum absolute atomic E-state index is 14.3. The summed E-state index contributed by atoms with van der Waals surface area (Å²) >= 11 is 1.45. The van der Waals surface area contributed by atoms with E-state index in [0.29, 0.717) is 5.69 Å². The maximum atomic E-state index is 14.3. The zero-order valence-corrected chi connectivity index (χ0v) is 17.5. The summed E-state index contributed by atoms with van der Waals surface area (Å²) in [4.78, 5) is 16.3. The van der Waals surface area contributed by atoms with Gasteiger partial charge in [-0.3, -0.25) is 10.1 Å². The first-order chi connectivity index (χ1) is 14.6. The quantitative estimate of drug-likeness (QED) is 0.342. The third-order valence-corrected chi connectivity index (χ3v) is 6.44. The van der Waals surface area contributed by atoms with Gasteiger partial charge in [-0.2, -0.15) is 0 Å². The molecule has 1 saturated carbocycles. The van der Waals surface area contributed by atoms with Gasteiger partial charge in [-0.25, -0.2) is 9.38 Å². The minimum atomic E-state index is -0.374. The van der Waals surface area contributed by atoms with E-state index in [-0.39, 0.29) is 22.5 Å². The fraction of sp³-hybridized carbons (Fsp3) is 0.348. The summed E-state index contributed by atoms with van der Waals surface area (Å²) in [5.41, 5.74) is 2.07. The highest BCUT2D eigenvalue weighted by Gasteiger charge is 2.20. The van der Waals surface area contributed by atoms with Crippen LogP contribution in [0, 0.1) is 15.9 Å². The van der Waals surface area contributed by atoms with Gasteiger partial charge in [-0.05, 0) is 25.0 Å². The lowest BCUT2D eigenvalue weighted by atomic mass is 9.96. The van der Waals surface area contributed by atoms with Crippen molar-refractivity contribution in [3.05, 3.63) is 74.6 Å². The molecule has 3 aromatic rings. The predicted molar refractivity (Wildman–Crippen MR) is 117 cm³/mol. The fourth-order valence-corrected chi connectivity index (χ4v) is 5.06. The maximum Gasteiger partial charge on any atom is 0.270 e. The third-order valence-electron chi connectivity index (χ3n) is 5.60. The van der Waals surface area contributed by atoms with Gasteiger partial charge in [0.05, 0.1) is 10.6 Å². The SMILES string of the molecule is O=[N+]([O-])c1cccc(-c2csc(=Nc3ccccc3F)n2C2CCCCCCC2)c1. The highest BCUT2D eigenvalue weighted by molar-refractivity contribution is 7.07. The number of hydrogen-bond acceptors (Lipinski definition) is 4. The Bertz CT molecular complexity index is 1100. The molecule has 0 spiro atoms. The second-order valence-electron chi connectivity index (χ2n) is 7.64. The molecule has 1 aromatic heterocycles. The van der Waals surface area contributed by atoms with Crippen molar-refractivity contribution in [2.75, 3.05) is 0 Å². The van der Waals surface area contributed by atoms with E-state index >= 15 is 0 Å². The van der Waals surface area contributed by atoms with E-state index in [4.69, 9.17) is 0 Å². The molecule has 0 radical (unpaired) electrons. The van der Waals surface area contributed by atoms with Gasteiger partial charge in [-0.15, -0.1) is 11.3 Å². The predicted octanol–water partition coefficient (Wildman–Crippen LogP) is 6.78. The molecule has 5 nitrogen and oxygen atoms in total. The Morgan fingerprint density at radius 1 is 1.03 bits per heavy atom. The molecule has 30 heavy (non-hydrogen) atoms. The van der Waals surface area contributed by atoms with Crippen LogP contribution in [0.3, 0.4) is 0 Å². The zero-order valence-electron chi connectivity index (χ0n) is 16.7. The first-order valence-corrected chi connectivity index (χ1v) is 11.3. The van der Waals surface area contributed by atoms with Crippen molar-refractivity contribution < 1.29 is 9.31 Å². The standard InChI is InChI=1S/C23H24FN3O2S/c24-20-13-6-7-14-21(20)25-23-26(18-10-4-2-1-3-5-11-18)22(16-30-23)17-9-8-12-19(15-17)27(28)29/h6-9,12-16,18H,1-5,10-11H2. The molecular formula is C23H24FN3O2S. The Balaban J connectivity index is 1.86. The molecular weight excluding hydrogens is 401 g/mol. The number of aromatic nitrogens is 1. The molecule has 7 heteroatoms. The molecule has 0 bridgehead atoms. The molecule has 2 aromatic carbocycles. The topological polar surface area (TPSA) is 60.4 Å². The van der Waals surface area contributed by atoms with Crippen LogP contribution in [0.15, 0.2) is 58.9 Å². The number of rotatable bonds is 4. The summed E-state index contributed by atoms with van der Waals surface area (Å²) < 4.78 is 16.4. The average molecular weight is 426 g/mol. The molecule has 1 fully saturated rings. The van der Waals surface area contributed by atoms with Crippen molar-refractivity contribution in [2.24, 2.45) is 4.99 Å². The highest BCUT2D eigenvalue weighted by atomic mass is 32.1. The van der Waals surface area contributed by atoms with Crippen LogP contribution in [0.5, 0.6) is 0 Å². The molecule has 1 aliphatic rings. The van der Waals surface area contributed by atoms with Gasteiger partial charge in [0.1, 0.15) is 11.5 Å². The van der Waals surface area contributed by atoms with Crippen LogP contribution in [0.4, 0.5) is 15.8 Å². The van der Waals surface area contributed by atoms with Crippen LogP contribution in [0.25, 0.3) is 11.3 Å². The number of nitro groups is 1. The van der Waals surface area contributed by atoms with Crippen molar-refractivity contribution >= 4 is 22.7 Å². The second kappa shape index (κ2) is 9.34. The molecule has 156 valence electrons. The van der Waals surface area contributed by atoms with Crippen molar-refractivity contribution in [2.45, 2.75) is 51.0 Å². The summed E-state index contributed by atoms with van der Waals surface area (Å²) in [6.07, 6.45) is 8.04. The summed E-state index contributed by atoms with van der Waals surface area (Å²) in [6.45, 7) is 0. The van der Waals surface area contributed by atoms with Gasteiger partial charge in [0.25, 0.3) is 5.69 Å². The average Bonchev–Trinajstić information content (AvgIpc) is 3.13. The molecule has 0 amide bonds. The van der Waals surface area contributed by atoms with Crippen LogP contribution in [-0.4, -0.2) is 9.49 Å². The van der Waals surface area contributed by atoms with Crippen LogP contribution in [-0.2, 0) is 0 Å². The molecule has 0 N–H and O–H groups in total. The van der Waals surface area contributed by atoms with E-state index in [9.17, 15) is 14.5 Å². The van der Waals surface area contributed by atoms with Gasteiger partial charge in [0, 0.05) is 29.1 Å². The largest absolute Gasteiger partial charge is 0.313 e. The minimum absolute atomic E-state index is 0.0653. The van der Waals surface area contributed by atoms with E-state index in [1.807, 2.05) is 11.4 Å². The second-order valence-corrected chi connectivity index (χ2v) is 8.48. The van der Waals surface area contributed by atoms with Crippen LogP contribution in [0.2, 0.25) is 0 Å². The van der Waals surface area contributed by atoms with E-state index in [0.717, 1.165) is 41.7 Å². The summed E-state index contributed by atoms with van der Waals surface area (Å²) in [7, 11) is 0. The molecule has 0 saturated heterocycles. The summed E-state index contributed by atoms with van der Waals surface area (Å²) in [5.74, 6) is -0.355. The van der Waals surface area contributed by atoms with Gasteiger partial charge >= 0.3 is 0 Å². The number of nitro benzene ring substituents is 1. The summed E-state index contributed by atoms with van der Waals surface area (Å²) in [6, 6.07) is 13.5. The Kier molecular flexibility index (Phi) is 6.38. The van der Waals surface area contributed by atoms with Crippen molar-refractivity contribution in [3.8, 4) is 11.3 Å².